The van der Waals surface area contributed by atoms with E-state index in [1.807, 2.05) is 33.0 Å². The number of nitriles is 1. The van der Waals surface area contributed by atoms with Gasteiger partial charge in [0.05, 0.1) is 18.4 Å². The molecule has 0 atom stereocenters. The molecule has 8 nitrogen and oxygen atoms in total. The molecule has 1 aliphatic rings. The normalized spacial score (nSPS) is 16.2. The molecular weight excluding hydrogens is 423 g/mol. The van der Waals surface area contributed by atoms with E-state index in [-0.39, 0.29) is 30.0 Å². The molecule has 170 valence electrons. The number of hydrogen-bond donors (Lipinski definition) is 0. The van der Waals surface area contributed by atoms with Crippen LogP contribution in [0.5, 0.6) is 0 Å². The van der Waals surface area contributed by atoms with E-state index < -0.39 is 17.4 Å². The van der Waals surface area contributed by atoms with Gasteiger partial charge in [-0.15, -0.1) is 0 Å². The summed E-state index contributed by atoms with van der Waals surface area (Å²) >= 11 is 0. The largest absolute Gasteiger partial charge is 0.321 e. The number of rotatable bonds is 2. The Kier molecular flexibility index (Phi) is 5.20. The molecule has 0 saturated carbocycles. The maximum absolute atomic E-state index is 13.4. The highest BCUT2D eigenvalue weighted by Crippen LogP contribution is 2.31. The van der Waals surface area contributed by atoms with Crippen molar-refractivity contribution in [1.82, 2.24) is 24.4 Å². The Morgan fingerprint density at radius 2 is 1.85 bits per heavy atom. The first-order chi connectivity index (χ1) is 15.4. The van der Waals surface area contributed by atoms with Crippen LogP contribution in [0.4, 0.5) is 4.39 Å². The first-order valence-corrected chi connectivity index (χ1v) is 10.6. The van der Waals surface area contributed by atoms with E-state index in [1.165, 1.54) is 17.0 Å². The molecule has 0 spiro atoms. The Morgan fingerprint density at radius 3 is 2.45 bits per heavy atom. The number of nitrogens with zero attached hydrogens (tertiary/aromatic N) is 6. The molecule has 1 fully saturated rings. The minimum atomic E-state index is -1.18. The van der Waals surface area contributed by atoms with Gasteiger partial charge in [-0.2, -0.15) is 10.4 Å². The molecule has 33 heavy (non-hydrogen) atoms. The fourth-order valence-electron chi connectivity index (χ4n) is 4.01. The molecule has 1 saturated heterocycles. The Bertz CT molecular complexity index is 1300. The number of piperazine rings is 1. The monoisotopic (exact) mass is 448 g/mol. The van der Waals surface area contributed by atoms with Gasteiger partial charge in [0.1, 0.15) is 17.1 Å². The summed E-state index contributed by atoms with van der Waals surface area (Å²) in [5.41, 5.74) is 1.46. The highest BCUT2D eigenvalue weighted by molar-refractivity contribution is 5.99. The van der Waals surface area contributed by atoms with Crippen LogP contribution in [0, 0.1) is 17.3 Å². The molecule has 3 heterocycles. The lowest BCUT2D eigenvalue weighted by atomic mass is 9.87. The lowest BCUT2D eigenvalue weighted by Crippen LogP contribution is -2.63. The predicted octanol–water partition coefficient (Wildman–Crippen LogP) is 3.38. The van der Waals surface area contributed by atoms with Crippen LogP contribution in [0.25, 0.3) is 16.9 Å². The summed E-state index contributed by atoms with van der Waals surface area (Å²) in [6.07, 6.45) is 3.42. The van der Waals surface area contributed by atoms with Crippen LogP contribution in [0.2, 0.25) is 0 Å². The van der Waals surface area contributed by atoms with E-state index in [0.29, 0.717) is 11.3 Å². The van der Waals surface area contributed by atoms with E-state index >= 15 is 0 Å². The SMILES string of the molecule is CC(C)(C)c1cc(-c2ccc(F)cc2)nn2cc(C(=O)N3CCN(C#N)C(=O)C3(C)C)nc12. The zero-order valence-corrected chi connectivity index (χ0v) is 19.3. The summed E-state index contributed by atoms with van der Waals surface area (Å²) in [4.78, 5) is 33.2. The van der Waals surface area contributed by atoms with E-state index in [1.54, 1.807) is 36.7 Å². The predicted molar refractivity (Wildman–Crippen MR) is 120 cm³/mol. The number of fused-ring (bicyclic) bond motifs is 1. The molecule has 3 aromatic rings. The van der Waals surface area contributed by atoms with Crippen molar-refractivity contribution in [1.29, 1.82) is 5.26 Å². The molecule has 2 aromatic heterocycles. The topological polar surface area (TPSA) is 94.6 Å². The highest BCUT2D eigenvalue weighted by atomic mass is 19.1. The van der Waals surface area contributed by atoms with E-state index in [9.17, 15) is 19.2 Å². The minimum Gasteiger partial charge on any atom is -0.321 e. The van der Waals surface area contributed by atoms with Gasteiger partial charge in [-0.05, 0) is 49.6 Å². The molecule has 0 aliphatic carbocycles. The van der Waals surface area contributed by atoms with Crippen molar-refractivity contribution in [3.63, 3.8) is 0 Å². The molecule has 4 rings (SSSR count). The number of carbonyl (C=O) groups excluding carboxylic acids is 2. The standard InChI is InChI=1S/C24H25FN6O2/c1-23(2,3)17-12-18(15-6-8-16(25)9-7-15)28-31-13-19(27-20(17)31)21(32)30-11-10-29(14-26)22(33)24(30,4)5/h6-9,12-13H,10-11H2,1-5H3. The van der Waals surface area contributed by atoms with Crippen LogP contribution in [0.15, 0.2) is 36.5 Å². The summed E-state index contributed by atoms with van der Waals surface area (Å²) in [6.45, 7) is 9.72. The third-order valence-electron chi connectivity index (χ3n) is 5.95. The summed E-state index contributed by atoms with van der Waals surface area (Å²) in [6, 6.07) is 7.97. The van der Waals surface area contributed by atoms with Crippen molar-refractivity contribution in [3.05, 3.63) is 53.6 Å². The second-order valence-corrected chi connectivity index (χ2v) is 9.67. The Balaban J connectivity index is 1.80. The zero-order chi connectivity index (χ0) is 24.1. The highest BCUT2D eigenvalue weighted by Gasteiger charge is 2.45. The lowest BCUT2D eigenvalue weighted by Gasteiger charge is -2.42. The lowest BCUT2D eigenvalue weighted by molar-refractivity contribution is -0.142. The summed E-state index contributed by atoms with van der Waals surface area (Å²) in [7, 11) is 0. The van der Waals surface area contributed by atoms with E-state index in [2.05, 4.69) is 10.1 Å². The fourth-order valence-corrected chi connectivity index (χ4v) is 4.01. The maximum atomic E-state index is 13.4. The maximum Gasteiger partial charge on any atom is 0.275 e. The van der Waals surface area contributed by atoms with Gasteiger partial charge in [-0.3, -0.25) is 9.59 Å². The van der Waals surface area contributed by atoms with Crippen molar-refractivity contribution in [2.45, 2.75) is 45.6 Å². The van der Waals surface area contributed by atoms with Crippen LogP contribution in [0.1, 0.15) is 50.7 Å². The fraction of sp³-hybridized carbons (Fsp3) is 0.375. The van der Waals surface area contributed by atoms with Gasteiger partial charge >= 0.3 is 0 Å². The van der Waals surface area contributed by atoms with Gasteiger partial charge in [0.15, 0.2) is 11.8 Å². The molecular formula is C24H25FN6O2. The summed E-state index contributed by atoms with van der Waals surface area (Å²) < 4.78 is 15.0. The van der Waals surface area contributed by atoms with E-state index in [0.717, 1.165) is 16.0 Å². The first-order valence-electron chi connectivity index (χ1n) is 10.6. The van der Waals surface area contributed by atoms with Gasteiger partial charge in [-0.25, -0.2) is 18.8 Å². The number of imidazole rings is 1. The second-order valence-electron chi connectivity index (χ2n) is 9.67. The Labute approximate surface area is 191 Å². The molecule has 1 aliphatic heterocycles. The quantitative estimate of drug-likeness (QED) is 0.560. The number of aromatic nitrogens is 3. The Hall–Kier alpha value is -3.80. The van der Waals surface area contributed by atoms with Gasteiger partial charge in [0, 0.05) is 17.7 Å². The number of hydrogen-bond acceptors (Lipinski definition) is 5. The molecule has 1 aromatic carbocycles. The van der Waals surface area contributed by atoms with Crippen LogP contribution in [-0.4, -0.2) is 54.8 Å². The number of benzene rings is 1. The second kappa shape index (κ2) is 7.66. The minimum absolute atomic E-state index is 0.137. The van der Waals surface area contributed by atoms with Crippen LogP contribution < -0.4 is 0 Å². The third kappa shape index (κ3) is 3.82. The average Bonchev–Trinajstić information content (AvgIpc) is 3.18. The van der Waals surface area contributed by atoms with Crippen LogP contribution >= 0.6 is 0 Å². The molecule has 0 N–H and O–H groups in total. The molecule has 0 unspecified atom stereocenters. The van der Waals surface area contributed by atoms with Gasteiger partial charge < -0.3 is 4.90 Å². The van der Waals surface area contributed by atoms with Crippen LogP contribution in [-0.2, 0) is 10.2 Å². The smallest absolute Gasteiger partial charge is 0.275 e. The zero-order valence-electron chi connectivity index (χ0n) is 19.3. The molecule has 0 radical (unpaired) electrons. The molecule has 2 amide bonds. The third-order valence-corrected chi connectivity index (χ3v) is 5.95. The number of amides is 2. The van der Waals surface area contributed by atoms with Gasteiger partial charge in [0.2, 0.25) is 0 Å². The first kappa shape index (κ1) is 22.4. The van der Waals surface area contributed by atoms with Crippen molar-refractivity contribution >= 4 is 17.5 Å². The average molecular weight is 449 g/mol. The number of halogens is 1. The molecule has 9 heteroatoms. The summed E-state index contributed by atoms with van der Waals surface area (Å²) in [5, 5.41) is 13.8. The van der Waals surface area contributed by atoms with Crippen molar-refractivity contribution in [2.75, 3.05) is 13.1 Å². The van der Waals surface area contributed by atoms with Crippen LogP contribution in [0.3, 0.4) is 0 Å². The van der Waals surface area contributed by atoms with Crippen molar-refractivity contribution in [3.8, 4) is 17.5 Å². The Morgan fingerprint density at radius 1 is 1.18 bits per heavy atom. The molecule has 0 bridgehead atoms. The van der Waals surface area contributed by atoms with Gasteiger partial charge in [-0.1, -0.05) is 20.8 Å². The van der Waals surface area contributed by atoms with Gasteiger partial charge in [0.25, 0.3) is 11.8 Å². The van der Waals surface area contributed by atoms with Crippen molar-refractivity contribution in [2.24, 2.45) is 0 Å². The van der Waals surface area contributed by atoms with Crippen molar-refractivity contribution < 1.29 is 14.0 Å². The number of carbonyl (C=O) groups is 2. The van der Waals surface area contributed by atoms with E-state index in [4.69, 9.17) is 0 Å². The summed E-state index contributed by atoms with van der Waals surface area (Å²) in [5.74, 6) is -1.17.